The van der Waals surface area contributed by atoms with Crippen molar-refractivity contribution in [3.8, 4) is 5.75 Å². The maximum absolute atomic E-state index is 13.3. The quantitative estimate of drug-likeness (QED) is 0.321. The third-order valence-corrected chi connectivity index (χ3v) is 5.56. The lowest BCUT2D eigenvalue weighted by molar-refractivity contribution is 0.415. The fourth-order valence-electron chi connectivity index (χ4n) is 3.09. The molecule has 0 bridgehead atoms. The summed E-state index contributed by atoms with van der Waals surface area (Å²) in [6.45, 7) is 1.55. The molecule has 2 aromatic carbocycles. The van der Waals surface area contributed by atoms with Gasteiger partial charge in [-0.2, -0.15) is 0 Å². The fraction of sp³-hybridized carbons (Fsp3) is 0.200. The van der Waals surface area contributed by atoms with Gasteiger partial charge in [0.25, 0.3) is 0 Å². The minimum Gasteiger partial charge on any atom is -0.497 e. The Balaban J connectivity index is 2.09. The molecule has 0 amide bonds. The number of methoxy groups -OCH3 is 1. The van der Waals surface area contributed by atoms with E-state index in [4.69, 9.17) is 9.72 Å². The second-order valence-corrected chi connectivity index (χ2v) is 7.06. The van der Waals surface area contributed by atoms with Crippen molar-refractivity contribution in [3.05, 3.63) is 52.7 Å². The van der Waals surface area contributed by atoms with E-state index >= 15 is 0 Å². The van der Waals surface area contributed by atoms with Crippen LogP contribution in [0.2, 0.25) is 0 Å². The number of fused-ring (bicyclic) bond motifs is 4. The van der Waals surface area contributed by atoms with E-state index in [0.717, 1.165) is 39.2 Å². The molecule has 0 saturated carbocycles. The lowest BCUT2D eigenvalue weighted by atomic mass is 10.1. The van der Waals surface area contributed by atoms with Crippen LogP contribution in [0, 0.1) is 0 Å². The van der Waals surface area contributed by atoms with Gasteiger partial charge in [0.2, 0.25) is 0 Å². The van der Waals surface area contributed by atoms with Gasteiger partial charge >= 0.3 is 0 Å². The second-order valence-electron chi connectivity index (χ2n) is 6.01. The number of hydrogen-bond donors (Lipinski definition) is 2. The zero-order chi connectivity index (χ0) is 18.1. The summed E-state index contributed by atoms with van der Waals surface area (Å²) in [5.41, 5.74) is 0.835. The van der Waals surface area contributed by atoms with E-state index in [9.17, 15) is 4.79 Å². The minimum absolute atomic E-state index is 0.0166. The van der Waals surface area contributed by atoms with Crippen LogP contribution in [0.5, 0.6) is 5.75 Å². The van der Waals surface area contributed by atoms with Crippen molar-refractivity contribution in [2.45, 2.75) is 0 Å². The van der Waals surface area contributed by atoms with Crippen LogP contribution in [0.3, 0.4) is 0 Å². The number of likely N-dealkylation sites (N-methyl/N-ethyl adjacent to an activating group) is 1. The third-order valence-electron chi connectivity index (χ3n) is 4.39. The first kappa shape index (κ1) is 16.8. The van der Waals surface area contributed by atoms with Gasteiger partial charge in [-0.05, 0) is 31.3 Å². The van der Waals surface area contributed by atoms with E-state index in [1.165, 1.54) is 0 Å². The van der Waals surface area contributed by atoms with Crippen LogP contribution >= 0.6 is 11.3 Å². The van der Waals surface area contributed by atoms with Gasteiger partial charge in [0.1, 0.15) is 11.6 Å². The van der Waals surface area contributed by atoms with E-state index in [-0.39, 0.29) is 5.43 Å². The number of anilines is 1. The minimum atomic E-state index is 0.0166. The number of nitrogens with one attached hydrogen (secondary N) is 2. The number of para-hydroxylation sites is 1. The number of hydrogen-bond acceptors (Lipinski definition) is 6. The Kier molecular flexibility index (Phi) is 4.44. The van der Waals surface area contributed by atoms with E-state index < -0.39 is 0 Å². The van der Waals surface area contributed by atoms with Crippen LogP contribution in [0.1, 0.15) is 0 Å². The summed E-state index contributed by atoms with van der Waals surface area (Å²) in [6, 6.07) is 13.4. The van der Waals surface area contributed by atoms with Gasteiger partial charge in [-0.1, -0.05) is 18.2 Å². The Bertz CT molecular complexity index is 1170. The van der Waals surface area contributed by atoms with Crippen molar-refractivity contribution < 1.29 is 4.74 Å². The van der Waals surface area contributed by atoms with Crippen molar-refractivity contribution in [1.29, 1.82) is 0 Å². The average Bonchev–Trinajstić information content (AvgIpc) is 2.68. The van der Waals surface area contributed by atoms with Gasteiger partial charge in [-0.25, -0.2) is 4.98 Å². The highest BCUT2D eigenvalue weighted by molar-refractivity contribution is 7.25. The van der Waals surface area contributed by atoms with Crippen molar-refractivity contribution in [2.75, 3.05) is 32.6 Å². The normalized spacial score (nSPS) is 11.3. The summed E-state index contributed by atoms with van der Waals surface area (Å²) in [7, 11) is 3.52. The first-order chi connectivity index (χ1) is 12.7. The lowest BCUT2D eigenvalue weighted by Gasteiger charge is -2.12. The van der Waals surface area contributed by atoms with Crippen molar-refractivity contribution in [1.82, 2.24) is 10.3 Å². The van der Waals surface area contributed by atoms with E-state index in [2.05, 4.69) is 10.6 Å². The molecule has 0 atom stereocenters. The van der Waals surface area contributed by atoms with Gasteiger partial charge in [0, 0.05) is 28.6 Å². The molecule has 4 rings (SSSR count). The average molecular weight is 365 g/mol. The van der Waals surface area contributed by atoms with Gasteiger partial charge in [0.05, 0.1) is 22.7 Å². The highest BCUT2D eigenvalue weighted by atomic mass is 32.1. The molecule has 0 saturated heterocycles. The molecule has 0 aliphatic rings. The zero-order valence-electron chi connectivity index (χ0n) is 14.6. The fourth-order valence-corrected chi connectivity index (χ4v) is 4.23. The van der Waals surface area contributed by atoms with Gasteiger partial charge in [-0.15, -0.1) is 11.3 Å². The molecule has 0 aliphatic heterocycles. The first-order valence-corrected chi connectivity index (χ1v) is 9.26. The van der Waals surface area contributed by atoms with Crippen LogP contribution in [0.25, 0.3) is 31.1 Å². The van der Waals surface area contributed by atoms with Crippen LogP contribution in [-0.2, 0) is 0 Å². The molecule has 2 N–H and O–H groups in total. The zero-order valence-corrected chi connectivity index (χ0v) is 15.4. The summed E-state index contributed by atoms with van der Waals surface area (Å²) in [5.74, 6) is 1.45. The van der Waals surface area contributed by atoms with Gasteiger partial charge in [0.15, 0.2) is 5.43 Å². The highest BCUT2D eigenvalue weighted by Gasteiger charge is 2.15. The molecule has 26 heavy (non-hydrogen) atoms. The van der Waals surface area contributed by atoms with Gasteiger partial charge < -0.3 is 15.4 Å². The van der Waals surface area contributed by atoms with Crippen molar-refractivity contribution in [2.24, 2.45) is 0 Å². The molecular formula is C20H19N3O2S. The molecule has 0 aliphatic carbocycles. The molecule has 2 heterocycles. The van der Waals surface area contributed by atoms with Crippen LogP contribution < -0.4 is 20.8 Å². The standard InChI is InChI=1S/C20H19N3O2S/c1-21-9-10-22-20-19-17(13-5-3-4-6-15(13)23-20)18(24)14-11-12(25-2)7-8-16(14)26-19/h3-8,11,21H,9-10H2,1-2H3,(H,22,23). The summed E-state index contributed by atoms with van der Waals surface area (Å²) in [6.07, 6.45) is 0. The predicted molar refractivity (Wildman–Crippen MR) is 110 cm³/mol. The first-order valence-electron chi connectivity index (χ1n) is 8.44. The Morgan fingerprint density at radius 2 is 1.96 bits per heavy atom. The molecule has 0 spiro atoms. The second kappa shape index (κ2) is 6.90. The summed E-state index contributed by atoms with van der Waals surface area (Å²) in [5, 5.41) is 8.76. The number of ether oxygens (including phenoxy) is 1. The number of benzene rings is 2. The van der Waals surface area contributed by atoms with E-state index in [1.54, 1.807) is 18.4 Å². The molecule has 2 aromatic heterocycles. The van der Waals surface area contributed by atoms with E-state index in [0.29, 0.717) is 16.5 Å². The van der Waals surface area contributed by atoms with Crippen LogP contribution in [-0.4, -0.2) is 32.2 Å². The number of pyridine rings is 1. The van der Waals surface area contributed by atoms with Crippen LogP contribution in [0.15, 0.2) is 47.3 Å². The van der Waals surface area contributed by atoms with Crippen molar-refractivity contribution in [3.63, 3.8) is 0 Å². The molecule has 0 radical (unpaired) electrons. The molecule has 0 unspecified atom stereocenters. The molecule has 132 valence electrons. The predicted octanol–water partition coefficient (Wildman–Crippen LogP) is 3.60. The van der Waals surface area contributed by atoms with Crippen molar-refractivity contribution >= 4 is 48.2 Å². The molecule has 5 nitrogen and oxygen atoms in total. The Hall–Kier alpha value is -2.70. The molecule has 6 heteroatoms. The SMILES string of the molecule is CNCCNc1nc2ccccc2c2c(=O)c3cc(OC)ccc3sc12. The third kappa shape index (κ3) is 2.77. The lowest BCUT2D eigenvalue weighted by Crippen LogP contribution is -2.18. The number of rotatable bonds is 5. The summed E-state index contributed by atoms with van der Waals surface area (Å²) < 4.78 is 7.12. The molecular weight excluding hydrogens is 346 g/mol. The monoisotopic (exact) mass is 365 g/mol. The summed E-state index contributed by atoms with van der Waals surface area (Å²) in [4.78, 5) is 18.1. The number of nitrogens with zero attached hydrogens (tertiary/aromatic N) is 1. The summed E-state index contributed by atoms with van der Waals surface area (Å²) >= 11 is 1.58. The Labute approximate surface area is 154 Å². The Morgan fingerprint density at radius 1 is 1.12 bits per heavy atom. The smallest absolute Gasteiger partial charge is 0.196 e. The van der Waals surface area contributed by atoms with E-state index in [1.807, 2.05) is 49.5 Å². The topological polar surface area (TPSA) is 63.2 Å². The van der Waals surface area contributed by atoms with Crippen LogP contribution in [0.4, 0.5) is 5.82 Å². The largest absolute Gasteiger partial charge is 0.497 e. The maximum Gasteiger partial charge on any atom is 0.196 e. The Morgan fingerprint density at radius 3 is 2.77 bits per heavy atom. The number of aromatic nitrogens is 1. The van der Waals surface area contributed by atoms with Gasteiger partial charge in [-0.3, -0.25) is 4.79 Å². The molecule has 0 fully saturated rings. The maximum atomic E-state index is 13.3. The highest BCUT2D eigenvalue weighted by Crippen LogP contribution is 2.34. The molecule has 4 aromatic rings.